The maximum atomic E-state index is 12.3. The van der Waals surface area contributed by atoms with Gasteiger partial charge < -0.3 is 14.1 Å². The second-order valence-corrected chi connectivity index (χ2v) is 5.70. The van der Waals surface area contributed by atoms with Crippen molar-refractivity contribution in [3.05, 3.63) is 33.5 Å². The Hall–Kier alpha value is -2.48. The Balaban J connectivity index is 2.05. The standard InChI is InChI=1S/C15H15N3O4S/c1-3-5-10-16-9(6-22-10)12-17-13(19)11-8(15(20)21-4-2)7-23-14(11)18-12/h6-7H,3-5H2,1-2H3,(H,17,18,19). The predicted molar refractivity (Wildman–Crippen MR) is 85.7 cm³/mol. The van der Waals surface area contributed by atoms with Crippen LogP contribution < -0.4 is 5.56 Å². The number of ether oxygens (including phenoxy) is 1. The van der Waals surface area contributed by atoms with Gasteiger partial charge >= 0.3 is 5.97 Å². The van der Waals surface area contributed by atoms with Gasteiger partial charge in [0.1, 0.15) is 16.8 Å². The summed E-state index contributed by atoms with van der Waals surface area (Å²) in [5.74, 6) is 0.403. The monoisotopic (exact) mass is 333 g/mol. The summed E-state index contributed by atoms with van der Waals surface area (Å²) in [5, 5.41) is 1.83. The number of hydrogen-bond donors (Lipinski definition) is 1. The average molecular weight is 333 g/mol. The molecule has 0 aliphatic carbocycles. The molecular weight excluding hydrogens is 318 g/mol. The van der Waals surface area contributed by atoms with Gasteiger partial charge in [-0.1, -0.05) is 6.92 Å². The molecule has 3 rings (SSSR count). The Morgan fingerprint density at radius 2 is 2.22 bits per heavy atom. The van der Waals surface area contributed by atoms with Crippen molar-refractivity contribution in [3.63, 3.8) is 0 Å². The first-order valence-corrected chi connectivity index (χ1v) is 8.15. The fourth-order valence-corrected chi connectivity index (χ4v) is 3.09. The maximum Gasteiger partial charge on any atom is 0.339 e. The summed E-state index contributed by atoms with van der Waals surface area (Å²) in [6, 6.07) is 0. The molecule has 7 nitrogen and oxygen atoms in total. The second-order valence-electron chi connectivity index (χ2n) is 4.84. The minimum absolute atomic E-state index is 0.235. The third-order valence-corrected chi connectivity index (χ3v) is 4.07. The minimum atomic E-state index is -0.523. The minimum Gasteiger partial charge on any atom is -0.462 e. The van der Waals surface area contributed by atoms with Crippen LogP contribution in [-0.4, -0.2) is 27.5 Å². The van der Waals surface area contributed by atoms with E-state index in [0.29, 0.717) is 22.2 Å². The van der Waals surface area contributed by atoms with Crippen LogP contribution in [0.5, 0.6) is 0 Å². The molecule has 23 heavy (non-hydrogen) atoms. The first-order chi connectivity index (χ1) is 11.1. The number of H-pyrrole nitrogens is 1. The molecule has 0 amide bonds. The number of carbonyl (C=O) groups is 1. The molecule has 0 unspecified atom stereocenters. The number of rotatable bonds is 5. The zero-order valence-electron chi connectivity index (χ0n) is 12.7. The average Bonchev–Trinajstić information content (AvgIpc) is 3.14. The number of carbonyl (C=O) groups excluding carboxylic acids is 1. The molecule has 0 aromatic carbocycles. The van der Waals surface area contributed by atoms with E-state index in [-0.39, 0.29) is 17.6 Å². The van der Waals surface area contributed by atoms with Crippen LogP contribution in [-0.2, 0) is 11.2 Å². The van der Waals surface area contributed by atoms with Crippen molar-refractivity contribution < 1.29 is 13.9 Å². The van der Waals surface area contributed by atoms with E-state index in [0.717, 1.165) is 12.8 Å². The number of thiophene rings is 1. The van der Waals surface area contributed by atoms with E-state index < -0.39 is 11.5 Å². The lowest BCUT2D eigenvalue weighted by molar-refractivity contribution is 0.0529. The van der Waals surface area contributed by atoms with Crippen LogP contribution in [0.25, 0.3) is 21.7 Å². The summed E-state index contributed by atoms with van der Waals surface area (Å²) in [4.78, 5) is 36.0. The molecule has 3 aromatic heterocycles. The topological polar surface area (TPSA) is 98.1 Å². The van der Waals surface area contributed by atoms with Crippen LogP contribution in [0.1, 0.15) is 36.5 Å². The van der Waals surface area contributed by atoms with Crippen LogP contribution >= 0.6 is 11.3 Å². The number of fused-ring (bicyclic) bond motifs is 1. The smallest absolute Gasteiger partial charge is 0.339 e. The maximum absolute atomic E-state index is 12.3. The molecule has 8 heteroatoms. The van der Waals surface area contributed by atoms with Gasteiger partial charge in [-0.2, -0.15) is 0 Å². The Labute approximate surface area is 135 Å². The highest BCUT2D eigenvalue weighted by Crippen LogP contribution is 2.24. The number of nitrogens with one attached hydrogen (secondary N) is 1. The van der Waals surface area contributed by atoms with Gasteiger partial charge in [0, 0.05) is 11.8 Å². The third-order valence-electron chi connectivity index (χ3n) is 3.20. The lowest BCUT2D eigenvalue weighted by atomic mass is 10.2. The first kappa shape index (κ1) is 15.4. The van der Waals surface area contributed by atoms with Crippen molar-refractivity contribution in [2.75, 3.05) is 6.61 Å². The van der Waals surface area contributed by atoms with E-state index in [9.17, 15) is 9.59 Å². The zero-order valence-corrected chi connectivity index (χ0v) is 13.5. The number of aryl methyl sites for hydroxylation is 1. The number of aromatic nitrogens is 3. The molecule has 3 heterocycles. The van der Waals surface area contributed by atoms with Gasteiger partial charge in [-0.15, -0.1) is 11.3 Å². The number of nitrogens with zero attached hydrogens (tertiary/aromatic N) is 2. The van der Waals surface area contributed by atoms with Gasteiger partial charge in [0.25, 0.3) is 5.56 Å². The van der Waals surface area contributed by atoms with E-state index in [1.807, 2.05) is 6.92 Å². The molecule has 0 fully saturated rings. The molecule has 0 atom stereocenters. The number of aromatic amines is 1. The molecule has 0 bridgehead atoms. The van der Waals surface area contributed by atoms with E-state index in [2.05, 4.69) is 15.0 Å². The van der Waals surface area contributed by atoms with Crippen molar-refractivity contribution >= 4 is 27.5 Å². The van der Waals surface area contributed by atoms with Crippen molar-refractivity contribution in [2.45, 2.75) is 26.7 Å². The van der Waals surface area contributed by atoms with Crippen LogP contribution in [0.2, 0.25) is 0 Å². The van der Waals surface area contributed by atoms with Crippen molar-refractivity contribution in [1.29, 1.82) is 0 Å². The Kier molecular flexibility index (Phi) is 4.24. The summed E-state index contributed by atoms with van der Waals surface area (Å²) in [5.41, 5.74) is 0.312. The predicted octanol–water partition coefficient (Wildman–Crippen LogP) is 2.77. The van der Waals surface area contributed by atoms with Gasteiger partial charge in [0.15, 0.2) is 11.7 Å². The summed E-state index contributed by atoms with van der Waals surface area (Å²) in [6.07, 6.45) is 3.10. The van der Waals surface area contributed by atoms with Crippen molar-refractivity contribution in [3.8, 4) is 11.5 Å². The second kappa shape index (κ2) is 6.33. The summed E-state index contributed by atoms with van der Waals surface area (Å²) in [7, 11) is 0. The van der Waals surface area contributed by atoms with Crippen LogP contribution in [0, 0.1) is 0 Å². The van der Waals surface area contributed by atoms with Crippen LogP contribution in [0.4, 0.5) is 0 Å². The fourth-order valence-electron chi connectivity index (χ4n) is 2.18. The van der Waals surface area contributed by atoms with Crippen LogP contribution in [0.15, 0.2) is 20.9 Å². The van der Waals surface area contributed by atoms with Gasteiger partial charge in [-0.05, 0) is 13.3 Å². The van der Waals surface area contributed by atoms with Crippen molar-refractivity contribution in [2.24, 2.45) is 0 Å². The highest BCUT2D eigenvalue weighted by atomic mass is 32.1. The molecule has 0 aliphatic heterocycles. The van der Waals surface area contributed by atoms with Gasteiger partial charge in [-0.3, -0.25) is 4.79 Å². The van der Waals surface area contributed by atoms with E-state index >= 15 is 0 Å². The summed E-state index contributed by atoms with van der Waals surface area (Å²) >= 11 is 1.22. The molecule has 0 saturated heterocycles. The quantitative estimate of drug-likeness (QED) is 0.721. The number of esters is 1. The van der Waals surface area contributed by atoms with Gasteiger partial charge in [0.2, 0.25) is 0 Å². The van der Waals surface area contributed by atoms with E-state index in [1.54, 1.807) is 12.3 Å². The van der Waals surface area contributed by atoms with E-state index in [1.165, 1.54) is 17.6 Å². The lowest BCUT2D eigenvalue weighted by Gasteiger charge is -2.00. The molecule has 3 aromatic rings. The molecule has 0 aliphatic rings. The number of hydrogen-bond acceptors (Lipinski definition) is 7. The molecule has 1 N–H and O–H groups in total. The molecule has 0 saturated carbocycles. The first-order valence-electron chi connectivity index (χ1n) is 7.27. The molecule has 0 radical (unpaired) electrons. The highest BCUT2D eigenvalue weighted by molar-refractivity contribution is 7.17. The lowest BCUT2D eigenvalue weighted by Crippen LogP contribution is -2.13. The Morgan fingerprint density at radius 1 is 1.39 bits per heavy atom. The summed E-state index contributed by atoms with van der Waals surface area (Å²) in [6.45, 7) is 3.99. The summed E-state index contributed by atoms with van der Waals surface area (Å²) < 4.78 is 10.3. The Morgan fingerprint density at radius 3 is 2.96 bits per heavy atom. The van der Waals surface area contributed by atoms with Crippen LogP contribution in [0.3, 0.4) is 0 Å². The molecule has 0 spiro atoms. The normalized spacial score (nSPS) is 11.0. The number of oxazole rings is 1. The third kappa shape index (κ3) is 2.89. The largest absolute Gasteiger partial charge is 0.462 e. The van der Waals surface area contributed by atoms with Gasteiger partial charge in [-0.25, -0.2) is 14.8 Å². The highest BCUT2D eigenvalue weighted by Gasteiger charge is 2.19. The SMILES string of the molecule is CCCc1nc(-c2nc3scc(C(=O)OCC)c3c(=O)[nH]2)co1. The fraction of sp³-hybridized carbons (Fsp3) is 0.333. The Bertz CT molecular complexity index is 909. The molecule has 120 valence electrons. The van der Waals surface area contributed by atoms with E-state index in [4.69, 9.17) is 9.15 Å². The molecular formula is C15H15N3O4S. The van der Waals surface area contributed by atoms with Gasteiger partial charge in [0.05, 0.1) is 17.6 Å². The zero-order chi connectivity index (χ0) is 16.4. The van der Waals surface area contributed by atoms with Crippen molar-refractivity contribution in [1.82, 2.24) is 15.0 Å².